The zero-order valence-corrected chi connectivity index (χ0v) is 18.8. The van der Waals surface area contributed by atoms with E-state index >= 15 is 0 Å². The topological polar surface area (TPSA) is 69.9 Å². The molecule has 1 aromatic carbocycles. The molecule has 7 heteroatoms. The molecule has 1 aliphatic heterocycles. The molecule has 1 fully saturated rings. The van der Waals surface area contributed by atoms with Crippen molar-refractivity contribution in [3.8, 4) is 11.3 Å². The molecular formula is C21H29IN4O2. The van der Waals surface area contributed by atoms with Gasteiger partial charge < -0.3 is 20.0 Å². The van der Waals surface area contributed by atoms with Gasteiger partial charge in [0.2, 0.25) is 5.91 Å². The van der Waals surface area contributed by atoms with Gasteiger partial charge in [-0.2, -0.15) is 0 Å². The maximum absolute atomic E-state index is 11.5. The van der Waals surface area contributed by atoms with Crippen molar-refractivity contribution in [2.24, 2.45) is 10.9 Å². The van der Waals surface area contributed by atoms with E-state index in [2.05, 4.69) is 20.5 Å². The van der Waals surface area contributed by atoms with Crippen LogP contribution in [0.2, 0.25) is 0 Å². The van der Waals surface area contributed by atoms with Crippen LogP contribution in [-0.4, -0.2) is 44.0 Å². The number of carbonyl (C=O) groups excluding carboxylic acids is 1. The van der Waals surface area contributed by atoms with Crippen LogP contribution >= 0.6 is 24.0 Å². The Balaban J connectivity index is 0.00000280. The van der Waals surface area contributed by atoms with Crippen molar-refractivity contribution in [3.63, 3.8) is 0 Å². The lowest BCUT2D eigenvalue weighted by Gasteiger charge is -2.33. The van der Waals surface area contributed by atoms with E-state index in [1.54, 1.807) is 14.1 Å². The summed E-state index contributed by atoms with van der Waals surface area (Å²) in [7, 11) is 3.50. The minimum absolute atomic E-state index is 0. The fraction of sp³-hybridized carbons (Fsp3) is 0.429. The van der Waals surface area contributed by atoms with E-state index in [4.69, 9.17) is 4.42 Å². The van der Waals surface area contributed by atoms with Crippen molar-refractivity contribution in [1.82, 2.24) is 15.5 Å². The van der Waals surface area contributed by atoms with E-state index < -0.39 is 0 Å². The summed E-state index contributed by atoms with van der Waals surface area (Å²) < 4.78 is 5.94. The Kier molecular flexibility index (Phi) is 8.82. The Morgan fingerprint density at radius 1 is 1.18 bits per heavy atom. The largest absolute Gasteiger partial charge is 0.459 e. The molecule has 1 aromatic heterocycles. The summed E-state index contributed by atoms with van der Waals surface area (Å²) in [6.07, 6.45) is 2.63. The third-order valence-electron chi connectivity index (χ3n) is 5.02. The van der Waals surface area contributed by atoms with Crippen molar-refractivity contribution in [2.45, 2.75) is 25.8 Å². The molecule has 152 valence electrons. The number of hydrogen-bond donors (Lipinski definition) is 2. The second-order valence-corrected chi connectivity index (χ2v) is 6.84. The number of benzene rings is 1. The summed E-state index contributed by atoms with van der Waals surface area (Å²) in [5.74, 6) is 3.22. The summed E-state index contributed by atoms with van der Waals surface area (Å²) in [4.78, 5) is 18.2. The smallest absolute Gasteiger partial charge is 0.220 e. The maximum Gasteiger partial charge on any atom is 0.220 e. The molecule has 1 amide bonds. The van der Waals surface area contributed by atoms with Crippen LogP contribution in [0.15, 0.2) is 51.9 Å². The Labute approximate surface area is 183 Å². The number of nitrogens with one attached hydrogen (secondary N) is 2. The highest BCUT2D eigenvalue weighted by Crippen LogP contribution is 2.22. The maximum atomic E-state index is 11.5. The molecule has 0 saturated carbocycles. The number of guanidine groups is 1. The van der Waals surface area contributed by atoms with Crippen LogP contribution in [0.5, 0.6) is 0 Å². The molecule has 1 saturated heterocycles. The first-order valence-electron chi connectivity index (χ1n) is 9.50. The second kappa shape index (κ2) is 11.1. The van der Waals surface area contributed by atoms with E-state index in [9.17, 15) is 4.79 Å². The van der Waals surface area contributed by atoms with Crippen LogP contribution < -0.4 is 10.6 Å². The van der Waals surface area contributed by atoms with Gasteiger partial charge in [0, 0.05) is 39.2 Å². The number of carbonyl (C=O) groups is 1. The number of aliphatic imine (C=N–C) groups is 1. The van der Waals surface area contributed by atoms with Gasteiger partial charge in [-0.05, 0) is 30.9 Å². The van der Waals surface area contributed by atoms with Gasteiger partial charge in [-0.15, -0.1) is 24.0 Å². The molecule has 28 heavy (non-hydrogen) atoms. The minimum atomic E-state index is 0. The SMILES string of the molecule is CN=C(NCc1ccc(-c2ccccc2)o1)N1CCC(CC(=O)NC)CC1.I. The van der Waals surface area contributed by atoms with Gasteiger partial charge >= 0.3 is 0 Å². The summed E-state index contributed by atoms with van der Waals surface area (Å²) in [6.45, 7) is 2.42. The molecule has 0 radical (unpaired) electrons. The van der Waals surface area contributed by atoms with Gasteiger partial charge in [-0.25, -0.2) is 0 Å². The predicted octanol–water partition coefficient (Wildman–Crippen LogP) is 3.49. The Bertz CT molecular complexity index is 768. The lowest BCUT2D eigenvalue weighted by molar-refractivity contribution is -0.121. The molecule has 2 N–H and O–H groups in total. The fourth-order valence-electron chi connectivity index (χ4n) is 3.44. The van der Waals surface area contributed by atoms with E-state index in [-0.39, 0.29) is 29.9 Å². The van der Waals surface area contributed by atoms with Crippen molar-refractivity contribution in [2.75, 3.05) is 27.2 Å². The molecule has 2 heterocycles. The fourth-order valence-corrected chi connectivity index (χ4v) is 3.44. The summed E-state index contributed by atoms with van der Waals surface area (Å²) in [5, 5.41) is 6.10. The number of halogens is 1. The molecule has 0 aliphatic carbocycles. The summed E-state index contributed by atoms with van der Waals surface area (Å²) >= 11 is 0. The quantitative estimate of drug-likeness (QED) is 0.378. The van der Waals surface area contributed by atoms with E-state index in [0.29, 0.717) is 18.9 Å². The van der Waals surface area contributed by atoms with Gasteiger partial charge in [0.25, 0.3) is 0 Å². The summed E-state index contributed by atoms with van der Waals surface area (Å²) in [5.41, 5.74) is 1.08. The molecular weight excluding hydrogens is 467 g/mol. The highest BCUT2D eigenvalue weighted by Gasteiger charge is 2.23. The minimum Gasteiger partial charge on any atom is -0.459 e. The Morgan fingerprint density at radius 2 is 1.89 bits per heavy atom. The highest BCUT2D eigenvalue weighted by atomic mass is 127. The number of hydrogen-bond acceptors (Lipinski definition) is 3. The number of piperidine rings is 1. The molecule has 1 aliphatic rings. The molecule has 0 bridgehead atoms. The number of furan rings is 1. The number of nitrogens with zero attached hydrogens (tertiary/aromatic N) is 2. The van der Waals surface area contributed by atoms with Crippen molar-refractivity contribution >= 4 is 35.8 Å². The van der Waals surface area contributed by atoms with Crippen LogP contribution in [0.1, 0.15) is 25.0 Å². The number of likely N-dealkylation sites (tertiary alicyclic amines) is 1. The first-order chi connectivity index (χ1) is 13.2. The van der Waals surface area contributed by atoms with Crippen molar-refractivity contribution in [3.05, 3.63) is 48.2 Å². The average molecular weight is 496 g/mol. The van der Waals surface area contributed by atoms with Gasteiger partial charge in [0.1, 0.15) is 11.5 Å². The third kappa shape index (κ3) is 5.98. The Morgan fingerprint density at radius 3 is 2.54 bits per heavy atom. The lowest BCUT2D eigenvalue weighted by atomic mass is 9.93. The van der Waals surface area contributed by atoms with Crippen LogP contribution in [0.4, 0.5) is 0 Å². The van der Waals surface area contributed by atoms with E-state index in [1.807, 2.05) is 42.5 Å². The number of amides is 1. The summed E-state index contributed by atoms with van der Waals surface area (Å²) in [6, 6.07) is 14.1. The average Bonchev–Trinajstić information content (AvgIpc) is 3.19. The molecule has 0 atom stereocenters. The van der Waals surface area contributed by atoms with Crippen LogP contribution in [-0.2, 0) is 11.3 Å². The molecule has 0 spiro atoms. The van der Waals surface area contributed by atoms with E-state index in [0.717, 1.165) is 49.0 Å². The van der Waals surface area contributed by atoms with Gasteiger partial charge in [-0.1, -0.05) is 30.3 Å². The zero-order chi connectivity index (χ0) is 19.1. The number of rotatable bonds is 5. The standard InChI is InChI=1S/C21H28N4O2.HI/c1-22-20(26)14-16-10-12-25(13-11-16)21(23-2)24-15-18-8-9-19(27-18)17-6-4-3-5-7-17;/h3-9,16H,10-15H2,1-2H3,(H,22,26)(H,23,24);1H. The first-order valence-corrected chi connectivity index (χ1v) is 9.50. The van der Waals surface area contributed by atoms with Crippen LogP contribution in [0.3, 0.4) is 0 Å². The molecule has 2 aromatic rings. The third-order valence-corrected chi connectivity index (χ3v) is 5.02. The highest BCUT2D eigenvalue weighted by molar-refractivity contribution is 14.0. The van der Waals surface area contributed by atoms with Gasteiger partial charge in [0.05, 0.1) is 6.54 Å². The normalized spacial score (nSPS) is 15.1. The zero-order valence-electron chi connectivity index (χ0n) is 16.5. The molecule has 6 nitrogen and oxygen atoms in total. The van der Waals surface area contributed by atoms with Crippen LogP contribution in [0.25, 0.3) is 11.3 Å². The molecule has 0 unspecified atom stereocenters. The lowest BCUT2D eigenvalue weighted by Crippen LogP contribution is -2.45. The first kappa shape index (κ1) is 22.3. The molecule has 3 rings (SSSR count). The van der Waals surface area contributed by atoms with Crippen molar-refractivity contribution < 1.29 is 9.21 Å². The van der Waals surface area contributed by atoms with Crippen LogP contribution in [0, 0.1) is 5.92 Å². The Hall–Kier alpha value is -2.03. The van der Waals surface area contributed by atoms with Gasteiger partial charge in [-0.3, -0.25) is 9.79 Å². The van der Waals surface area contributed by atoms with Crippen molar-refractivity contribution in [1.29, 1.82) is 0 Å². The second-order valence-electron chi connectivity index (χ2n) is 6.84. The van der Waals surface area contributed by atoms with E-state index in [1.165, 1.54) is 0 Å². The van der Waals surface area contributed by atoms with Gasteiger partial charge in [0.15, 0.2) is 5.96 Å². The predicted molar refractivity (Wildman–Crippen MR) is 123 cm³/mol. The monoisotopic (exact) mass is 496 g/mol.